The van der Waals surface area contributed by atoms with Crippen molar-refractivity contribution < 1.29 is 14.3 Å². The first-order chi connectivity index (χ1) is 9.58. The van der Waals surface area contributed by atoms with E-state index < -0.39 is 5.97 Å². The number of esters is 1. The standard InChI is InChI=1S/C17H18O3/c1-4-6-16(12-13(3)18)14-7-9-15(10-8-14)17(19)20-11-5-2/h1,5,7-10,16H,2,6,11-12H2,3H3. The highest BCUT2D eigenvalue weighted by molar-refractivity contribution is 5.89. The van der Waals surface area contributed by atoms with Crippen molar-refractivity contribution in [1.29, 1.82) is 0 Å². The summed E-state index contributed by atoms with van der Waals surface area (Å²) in [7, 11) is 0. The van der Waals surface area contributed by atoms with Crippen molar-refractivity contribution >= 4 is 11.8 Å². The van der Waals surface area contributed by atoms with E-state index in [4.69, 9.17) is 11.2 Å². The monoisotopic (exact) mass is 270 g/mol. The summed E-state index contributed by atoms with van der Waals surface area (Å²) in [6, 6.07) is 7.00. The Labute approximate surface area is 119 Å². The molecule has 1 atom stereocenters. The van der Waals surface area contributed by atoms with E-state index in [0.717, 1.165) is 5.56 Å². The minimum atomic E-state index is -0.392. The van der Waals surface area contributed by atoms with Gasteiger partial charge in [0.25, 0.3) is 0 Å². The molecule has 0 aliphatic carbocycles. The predicted molar refractivity (Wildman–Crippen MR) is 78.4 cm³/mol. The second kappa shape index (κ2) is 7.96. The second-order valence-electron chi connectivity index (χ2n) is 4.52. The average Bonchev–Trinajstić information content (AvgIpc) is 2.44. The summed E-state index contributed by atoms with van der Waals surface area (Å²) < 4.78 is 4.95. The molecule has 3 nitrogen and oxygen atoms in total. The lowest BCUT2D eigenvalue weighted by atomic mass is 9.91. The number of rotatable bonds is 7. The SMILES string of the molecule is C#CCC(CC(C)=O)c1ccc(C(=O)OCC=C)cc1. The molecule has 0 N–H and O–H groups in total. The van der Waals surface area contributed by atoms with E-state index in [0.29, 0.717) is 18.4 Å². The summed E-state index contributed by atoms with van der Waals surface area (Å²) in [6.07, 6.45) is 7.75. The summed E-state index contributed by atoms with van der Waals surface area (Å²) in [5.41, 5.74) is 1.43. The number of hydrogen-bond donors (Lipinski definition) is 0. The molecule has 0 saturated carbocycles. The fourth-order valence-electron chi connectivity index (χ4n) is 1.91. The molecular weight excluding hydrogens is 252 g/mol. The van der Waals surface area contributed by atoms with Crippen molar-refractivity contribution in [3.05, 3.63) is 48.0 Å². The molecule has 0 aliphatic rings. The molecule has 0 aliphatic heterocycles. The van der Waals surface area contributed by atoms with Gasteiger partial charge in [-0.25, -0.2) is 4.79 Å². The summed E-state index contributed by atoms with van der Waals surface area (Å²) in [6.45, 7) is 5.22. The van der Waals surface area contributed by atoms with Crippen molar-refractivity contribution in [2.24, 2.45) is 0 Å². The molecule has 0 amide bonds. The first-order valence-corrected chi connectivity index (χ1v) is 6.39. The number of hydrogen-bond acceptors (Lipinski definition) is 3. The second-order valence-corrected chi connectivity index (χ2v) is 4.52. The topological polar surface area (TPSA) is 43.4 Å². The molecule has 0 spiro atoms. The fourth-order valence-corrected chi connectivity index (χ4v) is 1.91. The molecule has 0 saturated heterocycles. The Morgan fingerprint density at radius 1 is 1.40 bits per heavy atom. The van der Waals surface area contributed by atoms with Crippen molar-refractivity contribution in [2.75, 3.05) is 6.61 Å². The van der Waals surface area contributed by atoms with Gasteiger partial charge in [0, 0.05) is 18.8 Å². The molecule has 1 aromatic rings. The summed E-state index contributed by atoms with van der Waals surface area (Å²) in [5, 5.41) is 0. The molecule has 20 heavy (non-hydrogen) atoms. The van der Waals surface area contributed by atoms with Gasteiger partial charge in [-0.1, -0.05) is 24.8 Å². The number of terminal acetylenes is 1. The maximum atomic E-state index is 11.6. The zero-order chi connectivity index (χ0) is 15.0. The average molecular weight is 270 g/mol. The normalized spacial score (nSPS) is 11.2. The zero-order valence-electron chi connectivity index (χ0n) is 11.6. The van der Waals surface area contributed by atoms with Gasteiger partial charge >= 0.3 is 5.97 Å². The van der Waals surface area contributed by atoms with Gasteiger partial charge in [0.15, 0.2) is 0 Å². The zero-order valence-corrected chi connectivity index (χ0v) is 11.6. The third kappa shape index (κ3) is 4.74. The maximum Gasteiger partial charge on any atom is 0.338 e. The molecule has 1 unspecified atom stereocenters. The smallest absolute Gasteiger partial charge is 0.338 e. The minimum Gasteiger partial charge on any atom is -0.458 e. The molecule has 0 radical (unpaired) electrons. The van der Waals surface area contributed by atoms with Crippen LogP contribution in [0.15, 0.2) is 36.9 Å². The molecule has 0 heterocycles. The molecule has 0 bridgehead atoms. The Kier molecular flexibility index (Phi) is 6.25. The first kappa shape index (κ1) is 15.7. The lowest BCUT2D eigenvalue weighted by Gasteiger charge is -2.13. The van der Waals surface area contributed by atoms with Crippen LogP contribution in [-0.4, -0.2) is 18.4 Å². The van der Waals surface area contributed by atoms with Crippen LogP contribution in [0, 0.1) is 12.3 Å². The summed E-state index contributed by atoms with van der Waals surface area (Å²) >= 11 is 0. The quantitative estimate of drug-likeness (QED) is 0.434. The Balaban J connectivity index is 2.82. The highest BCUT2D eigenvalue weighted by Crippen LogP contribution is 2.24. The van der Waals surface area contributed by atoms with Crippen LogP contribution in [0.5, 0.6) is 0 Å². The number of carbonyl (C=O) groups excluding carboxylic acids is 2. The number of Topliss-reactive ketones (excluding diaryl/α,β-unsaturated/α-hetero) is 1. The molecule has 3 heteroatoms. The van der Waals surface area contributed by atoms with E-state index in [2.05, 4.69) is 12.5 Å². The Hall–Kier alpha value is -2.34. The largest absolute Gasteiger partial charge is 0.458 e. The van der Waals surface area contributed by atoms with Crippen LogP contribution in [0.2, 0.25) is 0 Å². The number of ether oxygens (including phenoxy) is 1. The van der Waals surface area contributed by atoms with Crippen LogP contribution < -0.4 is 0 Å². The van der Waals surface area contributed by atoms with Crippen LogP contribution in [-0.2, 0) is 9.53 Å². The third-order valence-corrected chi connectivity index (χ3v) is 2.85. The van der Waals surface area contributed by atoms with E-state index in [-0.39, 0.29) is 18.3 Å². The highest BCUT2D eigenvalue weighted by atomic mass is 16.5. The third-order valence-electron chi connectivity index (χ3n) is 2.85. The van der Waals surface area contributed by atoms with E-state index in [9.17, 15) is 9.59 Å². The lowest BCUT2D eigenvalue weighted by Crippen LogP contribution is -2.07. The van der Waals surface area contributed by atoms with Crippen molar-refractivity contribution in [1.82, 2.24) is 0 Å². The van der Waals surface area contributed by atoms with Crippen LogP contribution in [0.4, 0.5) is 0 Å². The number of benzene rings is 1. The Morgan fingerprint density at radius 3 is 2.55 bits per heavy atom. The molecule has 1 rings (SSSR count). The van der Waals surface area contributed by atoms with Gasteiger partial charge in [0.2, 0.25) is 0 Å². The van der Waals surface area contributed by atoms with Crippen LogP contribution in [0.1, 0.15) is 41.6 Å². The van der Waals surface area contributed by atoms with Gasteiger partial charge in [0.05, 0.1) is 5.56 Å². The summed E-state index contributed by atoms with van der Waals surface area (Å²) in [5.74, 6) is 2.28. The molecule has 1 aromatic carbocycles. The number of carbonyl (C=O) groups is 2. The van der Waals surface area contributed by atoms with Gasteiger partial charge in [0.1, 0.15) is 12.4 Å². The fraction of sp³-hybridized carbons (Fsp3) is 0.294. The van der Waals surface area contributed by atoms with Crippen LogP contribution >= 0.6 is 0 Å². The highest BCUT2D eigenvalue weighted by Gasteiger charge is 2.14. The number of ketones is 1. The van der Waals surface area contributed by atoms with E-state index in [1.807, 2.05) is 12.1 Å². The maximum absolute atomic E-state index is 11.6. The van der Waals surface area contributed by atoms with Crippen LogP contribution in [0.25, 0.3) is 0 Å². The van der Waals surface area contributed by atoms with Gasteiger partial charge < -0.3 is 9.53 Å². The Bertz CT molecular complexity index is 520. The van der Waals surface area contributed by atoms with E-state index >= 15 is 0 Å². The van der Waals surface area contributed by atoms with E-state index in [1.54, 1.807) is 19.1 Å². The predicted octanol–water partition coefficient (Wildman–Crippen LogP) is 3.12. The van der Waals surface area contributed by atoms with Crippen molar-refractivity contribution in [2.45, 2.75) is 25.7 Å². The van der Waals surface area contributed by atoms with Crippen molar-refractivity contribution in [3.8, 4) is 12.3 Å². The molecular formula is C17H18O3. The Morgan fingerprint density at radius 2 is 2.05 bits per heavy atom. The molecule has 0 fully saturated rings. The molecule has 104 valence electrons. The lowest BCUT2D eigenvalue weighted by molar-refractivity contribution is -0.117. The molecule has 0 aromatic heterocycles. The minimum absolute atomic E-state index is 0.00394. The summed E-state index contributed by atoms with van der Waals surface area (Å²) in [4.78, 5) is 22.9. The van der Waals surface area contributed by atoms with Gasteiger partial charge in [-0.2, -0.15) is 0 Å². The van der Waals surface area contributed by atoms with Gasteiger partial charge in [-0.15, -0.1) is 12.3 Å². The van der Waals surface area contributed by atoms with Gasteiger partial charge in [-0.05, 0) is 24.6 Å². The van der Waals surface area contributed by atoms with Gasteiger partial charge in [-0.3, -0.25) is 0 Å². The van der Waals surface area contributed by atoms with Crippen LogP contribution in [0.3, 0.4) is 0 Å². The first-order valence-electron chi connectivity index (χ1n) is 6.39. The van der Waals surface area contributed by atoms with E-state index in [1.165, 1.54) is 6.08 Å². The van der Waals surface area contributed by atoms with Crippen molar-refractivity contribution in [3.63, 3.8) is 0 Å².